The first-order chi connectivity index (χ1) is 10.2. The van der Waals surface area contributed by atoms with Crippen molar-refractivity contribution in [1.82, 2.24) is 10.3 Å². The number of para-hydroxylation sites is 1. The van der Waals surface area contributed by atoms with Gasteiger partial charge in [0, 0.05) is 10.9 Å². The van der Waals surface area contributed by atoms with E-state index in [9.17, 15) is 4.79 Å². The molecule has 1 heterocycles. The van der Waals surface area contributed by atoms with Gasteiger partial charge in [0.15, 0.2) is 0 Å². The Bertz CT molecular complexity index is 704. The van der Waals surface area contributed by atoms with Gasteiger partial charge in [-0.05, 0) is 58.7 Å². The SMILES string of the molecule is Cc1cc(S[C@@H](C)C(=O)NC(C)(C)C)nc2c(C)cccc12. The lowest BCUT2D eigenvalue weighted by atomic mass is 10.1. The van der Waals surface area contributed by atoms with Crippen LogP contribution in [0.4, 0.5) is 0 Å². The van der Waals surface area contributed by atoms with E-state index in [1.54, 1.807) is 0 Å². The topological polar surface area (TPSA) is 42.0 Å². The number of rotatable bonds is 3. The molecule has 0 aliphatic heterocycles. The minimum absolute atomic E-state index is 0.0434. The molecule has 22 heavy (non-hydrogen) atoms. The van der Waals surface area contributed by atoms with Crippen LogP contribution in [0, 0.1) is 13.8 Å². The number of nitrogens with one attached hydrogen (secondary N) is 1. The van der Waals surface area contributed by atoms with Gasteiger partial charge in [-0.25, -0.2) is 4.98 Å². The van der Waals surface area contributed by atoms with Crippen molar-refractivity contribution < 1.29 is 4.79 Å². The molecule has 1 atom stereocenters. The molecule has 0 saturated heterocycles. The van der Waals surface area contributed by atoms with Crippen molar-refractivity contribution in [2.45, 2.75) is 57.4 Å². The number of carbonyl (C=O) groups is 1. The number of nitrogens with zero attached hydrogens (tertiary/aromatic N) is 1. The molecule has 1 amide bonds. The van der Waals surface area contributed by atoms with Gasteiger partial charge in [-0.1, -0.05) is 30.0 Å². The fourth-order valence-electron chi connectivity index (χ4n) is 2.30. The van der Waals surface area contributed by atoms with Gasteiger partial charge in [0.25, 0.3) is 0 Å². The minimum atomic E-state index is -0.213. The largest absolute Gasteiger partial charge is 0.351 e. The van der Waals surface area contributed by atoms with Crippen LogP contribution in [0.1, 0.15) is 38.8 Å². The highest BCUT2D eigenvalue weighted by molar-refractivity contribution is 8.00. The van der Waals surface area contributed by atoms with E-state index in [0.717, 1.165) is 16.1 Å². The maximum absolute atomic E-state index is 12.2. The Morgan fingerprint density at radius 3 is 2.55 bits per heavy atom. The van der Waals surface area contributed by atoms with Crippen LogP contribution in [-0.2, 0) is 4.79 Å². The number of carbonyl (C=O) groups excluding carboxylic acids is 1. The van der Waals surface area contributed by atoms with E-state index in [1.807, 2.05) is 27.7 Å². The molecule has 0 unspecified atom stereocenters. The van der Waals surface area contributed by atoms with E-state index in [-0.39, 0.29) is 16.7 Å². The summed E-state index contributed by atoms with van der Waals surface area (Å²) in [6.07, 6.45) is 0. The van der Waals surface area contributed by atoms with Crippen molar-refractivity contribution in [3.8, 4) is 0 Å². The second-order valence-corrected chi connectivity index (χ2v) is 8.11. The molecule has 3 nitrogen and oxygen atoms in total. The lowest BCUT2D eigenvalue weighted by molar-refractivity contribution is -0.121. The molecule has 0 aliphatic carbocycles. The molecule has 1 N–H and O–H groups in total. The normalized spacial score (nSPS) is 13.2. The Morgan fingerprint density at radius 1 is 1.23 bits per heavy atom. The zero-order chi connectivity index (χ0) is 16.5. The fraction of sp³-hybridized carbons (Fsp3) is 0.444. The summed E-state index contributed by atoms with van der Waals surface area (Å²) >= 11 is 1.51. The Balaban J connectivity index is 2.25. The molecule has 0 fully saturated rings. The highest BCUT2D eigenvalue weighted by Gasteiger charge is 2.20. The van der Waals surface area contributed by atoms with Crippen molar-refractivity contribution in [3.63, 3.8) is 0 Å². The van der Waals surface area contributed by atoms with Crippen molar-refractivity contribution in [2.75, 3.05) is 0 Å². The van der Waals surface area contributed by atoms with Gasteiger partial charge in [-0.15, -0.1) is 0 Å². The molecule has 118 valence electrons. The number of hydrogen-bond acceptors (Lipinski definition) is 3. The molecule has 1 aromatic carbocycles. The standard InChI is InChI=1S/C18H24N2OS/c1-11-8-7-9-14-12(2)10-15(19-16(11)14)22-13(3)17(21)20-18(4,5)6/h7-10,13H,1-6H3,(H,20,21)/t13-/m0/s1. The van der Waals surface area contributed by atoms with Gasteiger partial charge in [-0.2, -0.15) is 0 Å². The van der Waals surface area contributed by atoms with Crippen molar-refractivity contribution in [1.29, 1.82) is 0 Å². The number of aromatic nitrogens is 1. The average Bonchev–Trinajstić information content (AvgIpc) is 2.38. The fourth-order valence-corrected chi connectivity index (χ4v) is 3.21. The molecular weight excluding hydrogens is 292 g/mol. The lowest BCUT2D eigenvalue weighted by Crippen LogP contribution is -2.44. The molecule has 0 bridgehead atoms. The maximum Gasteiger partial charge on any atom is 0.233 e. The molecule has 1 aromatic heterocycles. The van der Waals surface area contributed by atoms with Gasteiger partial charge in [-0.3, -0.25) is 4.79 Å². The van der Waals surface area contributed by atoms with Crippen LogP contribution < -0.4 is 5.32 Å². The van der Waals surface area contributed by atoms with Crippen LogP contribution in [0.25, 0.3) is 10.9 Å². The van der Waals surface area contributed by atoms with Crippen LogP contribution in [-0.4, -0.2) is 21.7 Å². The molecule has 0 aliphatic rings. The van der Waals surface area contributed by atoms with Gasteiger partial charge in [0.05, 0.1) is 15.8 Å². The van der Waals surface area contributed by atoms with E-state index < -0.39 is 0 Å². The van der Waals surface area contributed by atoms with Crippen LogP contribution in [0.2, 0.25) is 0 Å². The molecule has 0 radical (unpaired) electrons. The summed E-state index contributed by atoms with van der Waals surface area (Å²) in [5, 5.41) is 4.92. The molecule has 2 aromatic rings. The van der Waals surface area contributed by atoms with Crippen LogP contribution in [0.5, 0.6) is 0 Å². The summed E-state index contributed by atoms with van der Waals surface area (Å²) in [5.41, 5.74) is 3.16. The van der Waals surface area contributed by atoms with E-state index in [1.165, 1.54) is 22.7 Å². The predicted molar refractivity (Wildman–Crippen MR) is 94.4 cm³/mol. The van der Waals surface area contributed by atoms with Crippen molar-refractivity contribution in [2.24, 2.45) is 0 Å². The molecular formula is C18H24N2OS. The Morgan fingerprint density at radius 2 is 1.91 bits per heavy atom. The summed E-state index contributed by atoms with van der Waals surface area (Å²) in [5.74, 6) is 0.0434. The predicted octanol–water partition coefficient (Wildman–Crippen LogP) is 4.25. The van der Waals surface area contributed by atoms with Crippen LogP contribution in [0.3, 0.4) is 0 Å². The minimum Gasteiger partial charge on any atom is -0.351 e. The first kappa shape index (κ1) is 16.8. The second kappa shape index (κ2) is 6.29. The monoisotopic (exact) mass is 316 g/mol. The number of benzene rings is 1. The average molecular weight is 316 g/mol. The molecule has 0 saturated carbocycles. The number of thioether (sulfide) groups is 1. The number of aryl methyl sites for hydroxylation is 2. The summed E-state index contributed by atoms with van der Waals surface area (Å²) in [6, 6.07) is 8.28. The highest BCUT2D eigenvalue weighted by atomic mass is 32.2. The highest BCUT2D eigenvalue weighted by Crippen LogP contribution is 2.28. The number of amides is 1. The Hall–Kier alpha value is -1.55. The smallest absolute Gasteiger partial charge is 0.233 e. The zero-order valence-corrected chi connectivity index (χ0v) is 15.0. The summed E-state index contributed by atoms with van der Waals surface area (Å²) < 4.78 is 0. The van der Waals surface area contributed by atoms with Crippen LogP contribution in [0.15, 0.2) is 29.3 Å². The molecule has 2 rings (SSSR count). The van der Waals surface area contributed by atoms with Gasteiger partial charge < -0.3 is 5.32 Å². The van der Waals surface area contributed by atoms with Crippen molar-refractivity contribution in [3.05, 3.63) is 35.4 Å². The third-order valence-electron chi connectivity index (χ3n) is 3.39. The van der Waals surface area contributed by atoms with Crippen LogP contribution >= 0.6 is 11.8 Å². The quantitative estimate of drug-likeness (QED) is 0.861. The zero-order valence-electron chi connectivity index (χ0n) is 14.2. The number of hydrogen-bond donors (Lipinski definition) is 1. The lowest BCUT2D eigenvalue weighted by Gasteiger charge is -2.23. The van der Waals surface area contributed by atoms with E-state index >= 15 is 0 Å². The van der Waals surface area contributed by atoms with E-state index in [0.29, 0.717) is 0 Å². The van der Waals surface area contributed by atoms with E-state index in [4.69, 9.17) is 4.98 Å². The Labute approximate surface area is 136 Å². The molecule has 4 heteroatoms. The summed E-state index contributed by atoms with van der Waals surface area (Å²) in [7, 11) is 0. The van der Waals surface area contributed by atoms with Gasteiger partial charge >= 0.3 is 0 Å². The Kier molecular flexibility index (Phi) is 4.81. The van der Waals surface area contributed by atoms with E-state index in [2.05, 4.69) is 43.4 Å². The first-order valence-electron chi connectivity index (χ1n) is 7.53. The third-order valence-corrected chi connectivity index (χ3v) is 4.41. The number of fused-ring (bicyclic) bond motifs is 1. The summed E-state index contributed by atoms with van der Waals surface area (Å²) in [6.45, 7) is 12.1. The first-order valence-corrected chi connectivity index (χ1v) is 8.41. The van der Waals surface area contributed by atoms with Gasteiger partial charge in [0.1, 0.15) is 0 Å². The second-order valence-electron chi connectivity index (χ2n) is 6.75. The third kappa shape index (κ3) is 4.01. The van der Waals surface area contributed by atoms with Crippen molar-refractivity contribution >= 4 is 28.6 Å². The maximum atomic E-state index is 12.2. The number of pyridine rings is 1. The van der Waals surface area contributed by atoms with Gasteiger partial charge in [0.2, 0.25) is 5.91 Å². The summed E-state index contributed by atoms with van der Waals surface area (Å²) in [4.78, 5) is 17.0. The molecule has 0 spiro atoms.